The number of halogens is 1. The summed E-state index contributed by atoms with van der Waals surface area (Å²) in [7, 11) is 0. The highest BCUT2D eigenvalue weighted by molar-refractivity contribution is 9.11. The van der Waals surface area contributed by atoms with E-state index >= 15 is 0 Å². The van der Waals surface area contributed by atoms with Gasteiger partial charge in [-0.25, -0.2) is 4.79 Å². The van der Waals surface area contributed by atoms with Crippen LogP contribution in [0.5, 0.6) is 0 Å². The van der Waals surface area contributed by atoms with Gasteiger partial charge in [0, 0.05) is 0 Å². The fraction of sp³-hybridized carbons (Fsp3) is 0.167. The first kappa shape index (κ1) is 13.6. The van der Waals surface area contributed by atoms with E-state index in [1.54, 1.807) is 6.92 Å². The van der Waals surface area contributed by atoms with E-state index in [0.29, 0.717) is 5.69 Å². The van der Waals surface area contributed by atoms with Crippen LogP contribution in [0.1, 0.15) is 22.8 Å². The van der Waals surface area contributed by atoms with Crippen molar-refractivity contribution in [3.8, 4) is 16.6 Å². The van der Waals surface area contributed by atoms with Crippen molar-refractivity contribution in [3.05, 3.63) is 27.0 Å². The molecule has 0 aliphatic heterocycles. The largest absolute Gasteiger partial charge is 0.462 e. The quantitative estimate of drug-likeness (QED) is 0.840. The second-order valence-electron chi connectivity index (χ2n) is 3.60. The van der Waals surface area contributed by atoms with Crippen LogP contribution in [0, 0.1) is 11.3 Å². The Morgan fingerprint density at radius 3 is 2.89 bits per heavy atom. The van der Waals surface area contributed by atoms with Crippen LogP contribution in [-0.4, -0.2) is 17.6 Å². The number of esters is 1. The third-order valence-corrected chi connectivity index (χ3v) is 4.08. The smallest absolute Gasteiger partial charge is 0.341 e. The number of nitrogens with zero attached hydrogens (tertiary/aromatic N) is 1. The predicted octanol–water partition coefficient (Wildman–Crippen LogP) is 3.14. The number of nitrogens with two attached hydrogens (primary N) is 1. The summed E-state index contributed by atoms with van der Waals surface area (Å²) in [4.78, 5) is 15.7. The van der Waals surface area contributed by atoms with Crippen LogP contribution in [0.4, 0.5) is 5.82 Å². The maximum absolute atomic E-state index is 12.0. The average Bonchev–Trinajstić information content (AvgIpc) is 2.92. The Hall–Kier alpha value is -1.78. The number of H-pyrrole nitrogens is 1. The summed E-state index contributed by atoms with van der Waals surface area (Å²) in [6, 6.07) is 5.63. The number of carbonyl (C=O) groups excluding carboxylic acids is 1. The Morgan fingerprint density at radius 1 is 1.63 bits per heavy atom. The van der Waals surface area contributed by atoms with Crippen LogP contribution >= 0.6 is 27.3 Å². The zero-order valence-electron chi connectivity index (χ0n) is 9.99. The molecule has 0 fully saturated rings. The first-order valence-electron chi connectivity index (χ1n) is 5.42. The lowest BCUT2D eigenvalue weighted by Gasteiger charge is -2.02. The number of nitriles is 1. The summed E-state index contributed by atoms with van der Waals surface area (Å²) in [5.41, 5.74) is 6.57. The number of hydrogen-bond acceptors (Lipinski definition) is 5. The number of ether oxygens (including phenoxy) is 1. The van der Waals surface area contributed by atoms with Crippen molar-refractivity contribution in [2.24, 2.45) is 0 Å². The number of nitrogen functional groups attached to an aromatic ring is 1. The predicted molar refractivity (Wildman–Crippen MR) is 76.9 cm³/mol. The summed E-state index contributed by atoms with van der Waals surface area (Å²) < 4.78 is 5.90. The molecule has 19 heavy (non-hydrogen) atoms. The van der Waals surface area contributed by atoms with Crippen LogP contribution < -0.4 is 5.73 Å². The number of anilines is 1. The highest BCUT2D eigenvalue weighted by atomic mass is 79.9. The van der Waals surface area contributed by atoms with Crippen LogP contribution in [-0.2, 0) is 4.74 Å². The van der Waals surface area contributed by atoms with Crippen molar-refractivity contribution in [3.63, 3.8) is 0 Å². The summed E-state index contributed by atoms with van der Waals surface area (Å²) in [5, 5.41) is 9.12. The van der Waals surface area contributed by atoms with Crippen molar-refractivity contribution >= 4 is 39.1 Å². The second-order valence-corrected chi connectivity index (χ2v) is 6.06. The summed E-state index contributed by atoms with van der Waals surface area (Å²) >= 11 is 4.79. The molecule has 2 aromatic heterocycles. The molecule has 98 valence electrons. The molecule has 0 unspecified atom stereocenters. The van der Waals surface area contributed by atoms with E-state index in [9.17, 15) is 4.79 Å². The lowest BCUT2D eigenvalue weighted by molar-refractivity contribution is 0.0527. The van der Waals surface area contributed by atoms with Crippen molar-refractivity contribution in [2.75, 3.05) is 12.3 Å². The Morgan fingerprint density at radius 2 is 2.37 bits per heavy atom. The fourth-order valence-electron chi connectivity index (χ4n) is 1.68. The summed E-state index contributed by atoms with van der Waals surface area (Å²) in [6.45, 7) is 1.95. The maximum atomic E-state index is 12.0. The Bertz CT molecular complexity index is 669. The molecule has 5 nitrogen and oxygen atoms in total. The number of rotatable bonds is 3. The third kappa shape index (κ3) is 2.50. The van der Waals surface area contributed by atoms with Crippen molar-refractivity contribution in [1.29, 1.82) is 5.26 Å². The summed E-state index contributed by atoms with van der Waals surface area (Å²) in [5.74, 6) is -0.378. The molecule has 2 rings (SSSR count). The maximum Gasteiger partial charge on any atom is 0.341 e. The molecule has 2 heterocycles. The molecule has 7 heteroatoms. The standard InChI is InChI=1S/C12H10BrN3O2S/c1-2-18-12(17)9-6(5-14)11(15)16-10(9)7-3-4-8(13)19-7/h3-4,16H,2,15H2,1H3. The van der Waals surface area contributed by atoms with Gasteiger partial charge in [-0.2, -0.15) is 5.26 Å². The lowest BCUT2D eigenvalue weighted by atomic mass is 10.1. The third-order valence-electron chi connectivity index (χ3n) is 2.44. The first-order valence-corrected chi connectivity index (χ1v) is 7.03. The molecule has 0 aliphatic rings. The molecular formula is C12H10BrN3O2S. The number of thiophene rings is 1. The second kappa shape index (κ2) is 5.47. The van der Waals surface area contributed by atoms with Gasteiger partial charge in [0.1, 0.15) is 23.0 Å². The molecule has 0 saturated carbocycles. The SMILES string of the molecule is CCOC(=O)c1c(-c2ccc(Br)s2)[nH]c(N)c1C#N. The van der Waals surface area contributed by atoms with Crippen LogP contribution in [0.15, 0.2) is 15.9 Å². The topological polar surface area (TPSA) is 91.9 Å². The van der Waals surface area contributed by atoms with E-state index < -0.39 is 5.97 Å². The van der Waals surface area contributed by atoms with Crippen molar-refractivity contribution in [2.45, 2.75) is 6.92 Å². The molecule has 0 aromatic carbocycles. The Balaban J connectivity index is 2.61. The molecule has 0 radical (unpaired) electrons. The van der Waals surface area contributed by atoms with E-state index in [1.165, 1.54) is 11.3 Å². The van der Waals surface area contributed by atoms with Gasteiger partial charge in [-0.1, -0.05) is 0 Å². The van der Waals surface area contributed by atoms with Gasteiger partial charge in [-0.15, -0.1) is 11.3 Å². The van der Waals surface area contributed by atoms with Crippen LogP contribution in [0.3, 0.4) is 0 Å². The number of aromatic amines is 1. The molecule has 0 amide bonds. The van der Waals surface area contributed by atoms with Gasteiger partial charge in [0.2, 0.25) is 0 Å². The van der Waals surface area contributed by atoms with Crippen molar-refractivity contribution in [1.82, 2.24) is 4.98 Å². The number of aromatic nitrogens is 1. The van der Waals surface area contributed by atoms with E-state index in [4.69, 9.17) is 15.7 Å². The number of hydrogen-bond donors (Lipinski definition) is 2. The highest BCUT2D eigenvalue weighted by Gasteiger charge is 2.24. The molecule has 0 aliphatic carbocycles. The zero-order chi connectivity index (χ0) is 14.0. The molecule has 0 bridgehead atoms. The van der Waals surface area contributed by atoms with Gasteiger partial charge in [0.05, 0.1) is 21.0 Å². The van der Waals surface area contributed by atoms with Gasteiger partial charge >= 0.3 is 5.97 Å². The Labute approximate surface area is 122 Å². The minimum absolute atomic E-state index is 0.123. The van der Waals surface area contributed by atoms with E-state index in [-0.39, 0.29) is 23.6 Å². The minimum atomic E-state index is -0.550. The van der Waals surface area contributed by atoms with Gasteiger partial charge in [-0.3, -0.25) is 0 Å². The molecular weight excluding hydrogens is 330 g/mol. The molecule has 0 spiro atoms. The fourth-order valence-corrected chi connectivity index (χ4v) is 3.07. The lowest BCUT2D eigenvalue weighted by Crippen LogP contribution is -2.06. The van der Waals surface area contributed by atoms with Crippen LogP contribution in [0.25, 0.3) is 10.6 Å². The molecule has 3 N–H and O–H groups in total. The number of nitrogens with one attached hydrogen (secondary N) is 1. The van der Waals surface area contributed by atoms with Gasteiger partial charge in [-0.05, 0) is 35.0 Å². The normalized spacial score (nSPS) is 10.2. The van der Waals surface area contributed by atoms with Gasteiger partial charge in [0.15, 0.2) is 0 Å². The Kier molecular flexibility index (Phi) is 3.93. The van der Waals surface area contributed by atoms with Crippen molar-refractivity contribution < 1.29 is 9.53 Å². The molecule has 2 aromatic rings. The molecule has 0 saturated heterocycles. The van der Waals surface area contributed by atoms with E-state index in [2.05, 4.69) is 20.9 Å². The summed E-state index contributed by atoms with van der Waals surface area (Å²) in [6.07, 6.45) is 0. The number of carbonyl (C=O) groups is 1. The first-order chi connectivity index (χ1) is 9.08. The monoisotopic (exact) mass is 339 g/mol. The van der Waals surface area contributed by atoms with Gasteiger partial charge in [0.25, 0.3) is 0 Å². The van der Waals surface area contributed by atoms with E-state index in [0.717, 1.165) is 8.66 Å². The average molecular weight is 340 g/mol. The zero-order valence-corrected chi connectivity index (χ0v) is 12.4. The molecule has 0 atom stereocenters. The van der Waals surface area contributed by atoms with Gasteiger partial charge < -0.3 is 15.5 Å². The van der Waals surface area contributed by atoms with E-state index in [1.807, 2.05) is 18.2 Å². The highest BCUT2D eigenvalue weighted by Crippen LogP contribution is 2.36. The minimum Gasteiger partial charge on any atom is -0.462 e. The van der Waals surface area contributed by atoms with Crippen LogP contribution in [0.2, 0.25) is 0 Å².